The summed E-state index contributed by atoms with van der Waals surface area (Å²) in [4.78, 5) is 25.4. The van der Waals surface area contributed by atoms with Crippen molar-refractivity contribution in [1.82, 2.24) is 10.2 Å². The number of likely N-dealkylation sites (tertiary alicyclic amines) is 1. The average Bonchev–Trinajstić information content (AvgIpc) is 2.99. The molecule has 0 atom stereocenters. The fraction of sp³-hybridized carbons (Fsp3) is 0.467. The first kappa shape index (κ1) is 14.4. The van der Waals surface area contributed by atoms with Gasteiger partial charge in [-0.15, -0.1) is 0 Å². The van der Waals surface area contributed by atoms with Gasteiger partial charge in [-0.25, -0.2) is 0 Å². The highest BCUT2D eigenvalue weighted by molar-refractivity contribution is 5.94. The molecule has 0 saturated carbocycles. The molecule has 5 heteroatoms. The summed E-state index contributed by atoms with van der Waals surface area (Å²) < 4.78 is 0. The van der Waals surface area contributed by atoms with E-state index in [2.05, 4.69) is 10.6 Å². The molecule has 2 amide bonds. The SMILES string of the molecule is CCNC(=O)CNc1ccc(C(=O)N2CCCC2)cc1. The van der Waals surface area contributed by atoms with E-state index in [1.54, 1.807) is 12.1 Å². The fourth-order valence-corrected chi connectivity index (χ4v) is 2.28. The Bertz CT molecular complexity index is 465. The number of hydrogen-bond donors (Lipinski definition) is 2. The Hall–Kier alpha value is -2.04. The Morgan fingerprint density at radius 2 is 1.80 bits per heavy atom. The third kappa shape index (κ3) is 3.73. The van der Waals surface area contributed by atoms with Gasteiger partial charge in [0.2, 0.25) is 5.91 Å². The van der Waals surface area contributed by atoms with Gasteiger partial charge in [0.05, 0.1) is 6.54 Å². The van der Waals surface area contributed by atoms with E-state index in [0.717, 1.165) is 31.6 Å². The molecule has 1 saturated heterocycles. The number of likely N-dealkylation sites (N-methyl/N-ethyl adjacent to an activating group) is 1. The monoisotopic (exact) mass is 275 g/mol. The molecule has 108 valence electrons. The maximum atomic E-state index is 12.2. The second-order valence-electron chi connectivity index (χ2n) is 4.88. The first-order valence-electron chi connectivity index (χ1n) is 7.10. The third-order valence-electron chi connectivity index (χ3n) is 3.35. The zero-order valence-electron chi connectivity index (χ0n) is 11.8. The molecular formula is C15H21N3O2. The highest BCUT2D eigenvalue weighted by Crippen LogP contribution is 2.15. The van der Waals surface area contributed by atoms with Gasteiger partial charge in [-0.05, 0) is 44.0 Å². The highest BCUT2D eigenvalue weighted by Gasteiger charge is 2.19. The first-order chi connectivity index (χ1) is 9.70. The molecule has 0 radical (unpaired) electrons. The largest absolute Gasteiger partial charge is 0.376 e. The molecule has 20 heavy (non-hydrogen) atoms. The molecule has 1 aliphatic rings. The zero-order valence-corrected chi connectivity index (χ0v) is 11.8. The third-order valence-corrected chi connectivity index (χ3v) is 3.35. The number of carbonyl (C=O) groups excluding carboxylic acids is 2. The molecule has 1 heterocycles. The minimum absolute atomic E-state index is 0.0373. The van der Waals surface area contributed by atoms with Crippen LogP contribution in [0.2, 0.25) is 0 Å². The lowest BCUT2D eigenvalue weighted by molar-refractivity contribution is -0.119. The Morgan fingerprint density at radius 1 is 1.15 bits per heavy atom. The van der Waals surface area contributed by atoms with Gasteiger partial charge in [0.25, 0.3) is 5.91 Å². The summed E-state index contributed by atoms with van der Waals surface area (Å²) >= 11 is 0. The number of anilines is 1. The van der Waals surface area contributed by atoms with E-state index < -0.39 is 0 Å². The van der Waals surface area contributed by atoms with Crippen molar-refractivity contribution in [3.8, 4) is 0 Å². The zero-order chi connectivity index (χ0) is 14.4. The molecule has 0 aromatic heterocycles. The lowest BCUT2D eigenvalue weighted by Gasteiger charge is -2.15. The Morgan fingerprint density at radius 3 is 2.40 bits per heavy atom. The van der Waals surface area contributed by atoms with Crippen molar-refractivity contribution in [2.45, 2.75) is 19.8 Å². The minimum Gasteiger partial charge on any atom is -0.376 e. The molecular weight excluding hydrogens is 254 g/mol. The summed E-state index contributed by atoms with van der Waals surface area (Å²) in [6.45, 7) is 4.47. The second-order valence-corrected chi connectivity index (χ2v) is 4.88. The van der Waals surface area contributed by atoms with Crippen LogP contribution in [0, 0.1) is 0 Å². The number of nitrogens with zero attached hydrogens (tertiary/aromatic N) is 1. The molecule has 1 fully saturated rings. The summed E-state index contributed by atoms with van der Waals surface area (Å²) in [6.07, 6.45) is 2.19. The van der Waals surface area contributed by atoms with Crippen LogP contribution in [-0.2, 0) is 4.79 Å². The van der Waals surface area contributed by atoms with E-state index in [1.165, 1.54) is 0 Å². The van der Waals surface area contributed by atoms with Crippen LogP contribution in [0.3, 0.4) is 0 Å². The highest BCUT2D eigenvalue weighted by atomic mass is 16.2. The lowest BCUT2D eigenvalue weighted by atomic mass is 10.2. The van der Waals surface area contributed by atoms with Crippen LogP contribution in [0.1, 0.15) is 30.1 Å². The first-order valence-corrected chi connectivity index (χ1v) is 7.10. The molecule has 2 rings (SSSR count). The van der Waals surface area contributed by atoms with Crippen molar-refractivity contribution in [1.29, 1.82) is 0 Å². The van der Waals surface area contributed by atoms with E-state index in [1.807, 2.05) is 24.0 Å². The molecule has 0 unspecified atom stereocenters. The van der Waals surface area contributed by atoms with E-state index >= 15 is 0 Å². The Kier molecular flexibility index (Phi) is 4.98. The van der Waals surface area contributed by atoms with Crippen molar-refractivity contribution in [3.63, 3.8) is 0 Å². The van der Waals surface area contributed by atoms with Crippen molar-refractivity contribution in [2.75, 3.05) is 31.5 Å². The van der Waals surface area contributed by atoms with Crippen molar-refractivity contribution in [2.24, 2.45) is 0 Å². The second kappa shape index (κ2) is 6.93. The predicted molar refractivity (Wildman–Crippen MR) is 78.8 cm³/mol. The molecule has 2 N–H and O–H groups in total. The van der Waals surface area contributed by atoms with Gasteiger partial charge in [0.15, 0.2) is 0 Å². The van der Waals surface area contributed by atoms with Crippen LogP contribution in [0.15, 0.2) is 24.3 Å². The molecule has 1 aromatic rings. The molecule has 1 aromatic carbocycles. The number of nitrogens with one attached hydrogen (secondary N) is 2. The Balaban J connectivity index is 1.89. The Labute approximate surface area is 119 Å². The minimum atomic E-state index is -0.0373. The van der Waals surface area contributed by atoms with Crippen molar-refractivity contribution >= 4 is 17.5 Å². The molecule has 0 bridgehead atoms. The van der Waals surface area contributed by atoms with Gasteiger partial charge < -0.3 is 15.5 Å². The van der Waals surface area contributed by atoms with Gasteiger partial charge >= 0.3 is 0 Å². The summed E-state index contributed by atoms with van der Waals surface area (Å²) in [5, 5.41) is 5.75. The van der Waals surface area contributed by atoms with E-state index in [4.69, 9.17) is 0 Å². The van der Waals surface area contributed by atoms with Gasteiger partial charge in [0.1, 0.15) is 0 Å². The number of rotatable bonds is 5. The number of benzene rings is 1. The van der Waals surface area contributed by atoms with Crippen molar-refractivity contribution < 1.29 is 9.59 Å². The predicted octanol–water partition coefficient (Wildman–Crippen LogP) is 1.47. The number of hydrogen-bond acceptors (Lipinski definition) is 3. The van der Waals surface area contributed by atoms with Gasteiger partial charge in [0, 0.05) is 30.9 Å². The van der Waals surface area contributed by atoms with Gasteiger partial charge in [-0.1, -0.05) is 0 Å². The van der Waals surface area contributed by atoms with E-state index in [0.29, 0.717) is 12.1 Å². The van der Waals surface area contributed by atoms with Gasteiger partial charge in [-0.2, -0.15) is 0 Å². The van der Waals surface area contributed by atoms with Crippen LogP contribution >= 0.6 is 0 Å². The molecule has 0 spiro atoms. The quantitative estimate of drug-likeness (QED) is 0.855. The van der Waals surface area contributed by atoms with Crippen molar-refractivity contribution in [3.05, 3.63) is 29.8 Å². The number of carbonyl (C=O) groups is 2. The fourth-order valence-electron chi connectivity index (χ4n) is 2.28. The van der Waals surface area contributed by atoms with Crippen LogP contribution in [-0.4, -0.2) is 42.9 Å². The van der Waals surface area contributed by atoms with Gasteiger partial charge in [-0.3, -0.25) is 9.59 Å². The maximum absolute atomic E-state index is 12.2. The molecule has 0 aliphatic carbocycles. The summed E-state index contributed by atoms with van der Waals surface area (Å²) in [7, 11) is 0. The van der Waals surface area contributed by atoms with Crippen LogP contribution in [0.25, 0.3) is 0 Å². The molecule has 5 nitrogen and oxygen atoms in total. The number of amides is 2. The smallest absolute Gasteiger partial charge is 0.253 e. The molecule has 1 aliphatic heterocycles. The standard InChI is InChI=1S/C15H21N3O2/c1-2-16-14(19)11-17-13-7-5-12(6-8-13)15(20)18-9-3-4-10-18/h5-8,17H,2-4,9-11H2,1H3,(H,16,19). The average molecular weight is 275 g/mol. The van der Waals surface area contributed by atoms with Crippen LogP contribution in [0.4, 0.5) is 5.69 Å². The summed E-state index contributed by atoms with van der Waals surface area (Å²) in [5.41, 5.74) is 1.55. The van der Waals surface area contributed by atoms with E-state index in [-0.39, 0.29) is 18.4 Å². The van der Waals surface area contributed by atoms with E-state index in [9.17, 15) is 9.59 Å². The normalized spacial score (nSPS) is 14.2. The maximum Gasteiger partial charge on any atom is 0.253 e. The topological polar surface area (TPSA) is 61.4 Å². The van der Waals surface area contributed by atoms with Crippen LogP contribution < -0.4 is 10.6 Å². The summed E-state index contributed by atoms with van der Waals surface area (Å²) in [5.74, 6) is 0.0579. The summed E-state index contributed by atoms with van der Waals surface area (Å²) in [6, 6.07) is 7.28. The van der Waals surface area contributed by atoms with Crippen LogP contribution in [0.5, 0.6) is 0 Å². The lowest BCUT2D eigenvalue weighted by Crippen LogP contribution is -2.29.